The molecule has 0 fully saturated rings. The molecular formula is C12H5F12O2. The van der Waals surface area contributed by atoms with Crippen molar-refractivity contribution in [1.82, 2.24) is 0 Å². The minimum atomic E-state index is -6.56. The number of halogens is 12. The Morgan fingerprint density at radius 3 is 0.962 bits per heavy atom. The van der Waals surface area contributed by atoms with E-state index in [1.165, 1.54) is 6.07 Å². The second-order valence-corrected chi connectivity index (χ2v) is 4.92. The van der Waals surface area contributed by atoms with Crippen LogP contribution in [0.25, 0.3) is 0 Å². The van der Waals surface area contributed by atoms with Crippen LogP contribution in [-0.2, 0) is 11.2 Å². The number of rotatable bonds is 2. The van der Waals surface area contributed by atoms with Gasteiger partial charge >= 0.3 is 24.7 Å². The Morgan fingerprint density at radius 2 is 0.769 bits per heavy atom. The van der Waals surface area contributed by atoms with E-state index in [0.29, 0.717) is 0 Å². The highest BCUT2D eigenvalue weighted by Crippen LogP contribution is 2.53. The Morgan fingerprint density at radius 1 is 0.538 bits per heavy atom. The molecule has 149 valence electrons. The smallest absolute Gasteiger partial charge is 0.369 e. The van der Waals surface area contributed by atoms with Crippen LogP contribution >= 0.6 is 0 Å². The zero-order chi connectivity index (χ0) is 21.0. The van der Waals surface area contributed by atoms with Gasteiger partial charge in [0.1, 0.15) is 0 Å². The Bertz CT molecular complexity index is 571. The van der Waals surface area contributed by atoms with Gasteiger partial charge in [-0.25, -0.2) is 0 Å². The van der Waals surface area contributed by atoms with Crippen molar-refractivity contribution in [3.8, 4) is 0 Å². The van der Waals surface area contributed by atoms with Crippen molar-refractivity contribution < 1.29 is 62.9 Å². The standard InChI is InChI=1S/C12H5F12O2/c13-9(14,15)7(25,10(16,17)18)5-2-1-3-6(4-5)8(26,11(19,20)21)12(22,23)24/h2-4,25-26H. The van der Waals surface area contributed by atoms with Gasteiger partial charge in [0.25, 0.3) is 11.2 Å². The third kappa shape index (κ3) is 3.19. The van der Waals surface area contributed by atoms with Crippen LogP contribution in [0.2, 0.25) is 0 Å². The van der Waals surface area contributed by atoms with Crippen LogP contribution in [0.4, 0.5) is 52.7 Å². The highest BCUT2D eigenvalue weighted by molar-refractivity contribution is 5.35. The zero-order valence-corrected chi connectivity index (χ0v) is 11.7. The third-order valence-corrected chi connectivity index (χ3v) is 3.27. The molecule has 0 heterocycles. The first kappa shape index (κ1) is 22.3. The average Bonchev–Trinajstić information content (AvgIpc) is 2.40. The zero-order valence-electron chi connectivity index (χ0n) is 11.7. The van der Waals surface area contributed by atoms with Crippen LogP contribution < -0.4 is 0 Å². The molecule has 2 nitrogen and oxygen atoms in total. The summed E-state index contributed by atoms with van der Waals surface area (Å²) in [6.07, 6.45) is -26.3. The normalized spacial score (nSPS) is 15.3. The first-order valence-electron chi connectivity index (χ1n) is 5.95. The molecule has 0 aliphatic rings. The van der Waals surface area contributed by atoms with E-state index in [0.717, 1.165) is 0 Å². The molecule has 1 aromatic rings. The molecule has 1 aromatic carbocycles. The van der Waals surface area contributed by atoms with Crippen LogP contribution in [0.3, 0.4) is 0 Å². The van der Waals surface area contributed by atoms with Gasteiger partial charge < -0.3 is 10.2 Å². The summed E-state index contributed by atoms with van der Waals surface area (Å²) in [7, 11) is 0. The van der Waals surface area contributed by atoms with Crippen LogP contribution in [0.5, 0.6) is 0 Å². The number of benzene rings is 1. The van der Waals surface area contributed by atoms with Gasteiger partial charge in [-0.3, -0.25) is 0 Å². The van der Waals surface area contributed by atoms with E-state index in [-0.39, 0.29) is 12.1 Å². The summed E-state index contributed by atoms with van der Waals surface area (Å²) in [5.74, 6) is 0. The van der Waals surface area contributed by atoms with E-state index in [2.05, 4.69) is 0 Å². The maximum atomic E-state index is 12.7. The summed E-state index contributed by atoms with van der Waals surface area (Å²) >= 11 is 0. The molecule has 0 atom stereocenters. The van der Waals surface area contributed by atoms with Crippen molar-refractivity contribution in [3.05, 3.63) is 35.4 Å². The molecule has 0 saturated heterocycles. The average molecular weight is 409 g/mol. The topological polar surface area (TPSA) is 40.5 Å². The molecule has 0 bridgehead atoms. The number of hydrogen-bond acceptors (Lipinski definition) is 2. The molecule has 26 heavy (non-hydrogen) atoms. The van der Waals surface area contributed by atoms with Gasteiger partial charge in [0.2, 0.25) is 0 Å². The quantitative estimate of drug-likeness (QED) is 0.722. The number of alkyl halides is 12. The molecule has 0 unspecified atom stereocenters. The fraction of sp³-hybridized carbons (Fsp3) is 0.500. The molecule has 1 rings (SSSR count). The Balaban J connectivity index is 3.80. The summed E-state index contributed by atoms with van der Waals surface area (Å²) in [5, 5.41) is 18.1. The van der Waals surface area contributed by atoms with Crippen LogP contribution in [0.1, 0.15) is 11.1 Å². The van der Waals surface area contributed by atoms with Crippen molar-refractivity contribution in [2.75, 3.05) is 0 Å². The van der Waals surface area contributed by atoms with Gasteiger partial charge in [-0.2, -0.15) is 52.7 Å². The Kier molecular flexibility index (Phi) is 5.07. The molecule has 0 saturated carbocycles. The maximum absolute atomic E-state index is 12.7. The molecule has 0 amide bonds. The highest BCUT2D eigenvalue weighted by atomic mass is 19.4. The molecule has 14 heteroatoms. The van der Waals surface area contributed by atoms with E-state index in [9.17, 15) is 52.7 Å². The van der Waals surface area contributed by atoms with E-state index >= 15 is 0 Å². The van der Waals surface area contributed by atoms with E-state index in [4.69, 9.17) is 10.2 Å². The predicted molar refractivity (Wildman–Crippen MR) is 57.3 cm³/mol. The summed E-state index contributed by atoms with van der Waals surface area (Å²) in [4.78, 5) is 0. The number of hydrogen-bond donors (Lipinski definition) is 2. The summed E-state index contributed by atoms with van der Waals surface area (Å²) in [5.41, 5.74) is -16.5. The molecule has 2 N–H and O–H groups in total. The lowest BCUT2D eigenvalue weighted by Gasteiger charge is -2.35. The van der Waals surface area contributed by atoms with Crippen LogP contribution in [-0.4, -0.2) is 34.9 Å². The maximum Gasteiger partial charge on any atom is 0.430 e. The first-order chi connectivity index (χ1) is 11.2. The van der Waals surface area contributed by atoms with Gasteiger partial charge in [0.05, 0.1) is 0 Å². The monoisotopic (exact) mass is 409 g/mol. The molecule has 1 radical (unpaired) electrons. The highest BCUT2D eigenvalue weighted by Gasteiger charge is 2.74. The van der Waals surface area contributed by atoms with Crippen molar-refractivity contribution in [2.24, 2.45) is 0 Å². The van der Waals surface area contributed by atoms with Crippen molar-refractivity contribution in [2.45, 2.75) is 35.9 Å². The largest absolute Gasteiger partial charge is 0.430 e. The number of aliphatic hydroxyl groups is 2. The summed E-state index contributed by atoms with van der Waals surface area (Å²) < 4.78 is 152. The third-order valence-electron chi connectivity index (χ3n) is 3.27. The van der Waals surface area contributed by atoms with E-state index in [1.54, 1.807) is 0 Å². The van der Waals surface area contributed by atoms with E-state index < -0.39 is 53.1 Å². The molecule has 0 aliphatic heterocycles. The minimum Gasteiger partial charge on any atom is -0.369 e. The lowest BCUT2D eigenvalue weighted by molar-refractivity contribution is -0.378. The fourth-order valence-electron chi connectivity index (χ4n) is 1.87. The van der Waals surface area contributed by atoms with E-state index in [1.807, 2.05) is 0 Å². The van der Waals surface area contributed by atoms with Gasteiger partial charge in [0.15, 0.2) is 0 Å². The van der Waals surface area contributed by atoms with Gasteiger partial charge in [-0.1, -0.05) is 0 Å². The Labute approximate surface area is 135 Å². The molecular weight excluding hydrogens is 404 g/mol. The fourth-order valence-corrected chi connectivity index (χ4v) is 1.87. The summed E-state index contributed by atoms with van der Waals surface area (Å²) in [6, 6.07) is -0.297. The van der Waals surface area contributed by atoms with Crippen molar-refractivity contribution in [3.63, 3.8) is 0 Å². The predicted octanol–water partition coefficient (Wildman–Crippen LogP) is 4.11. The lowest BCUT2D eigenvalue weighted by Crippen LogP contribution is -2.55. The lowest BCUT2D eigenvalue weighted by atomic mass is 9.85. The second-order valence-electron chi connectivity index (χ2n) is 4.92. The van der Waals surface area contributed by atoms with Crippen molar-refractivity contribution in [1.29, 1.82) is 0 Å². The molecule has 0 spiro atoms. The molecule has 0 aromatic heterocycles. The molecule has 0 aliphatic carbocycles. The first-order valence-corrected chi connectivity index (χ1v) is 5.95. The van der Waals surface area contributed by atoms with Gasteiger partial charge in [0, 0.05) is 11.1 Å². The van der Waals surface area contributed by atoms with Crippen molar-refractivity contribution >= 4 is 0 Å². The van der Waals surface area contributed by atoms with Gasteiger partial charge in [-0.15, -0.1) is 0 Å². The van der Waals surface area contributed by atoms with Crippen LogP contribution in [0, 0.1) is 6.07 Å². The van der Waals surface area contributed by atoms with Crippen LogP contribution in [0.15, 0.2) is 18.2 Å². The Hall–Kier alpha value is -1.70. The van der Waals surface area contributed by atoms with Gasteiger partial charge in [-0.05, 0) is 24.3 Å². The SMILES string of the molecule is OC(c1c[c]cc(C(O)(C(F)(F)F)C(F)(F)F)c1)(C(F)(F)F)C(F)(F)F. The summed E-state index contributed by atoms with van der Waals surface area (Å²) in [6.45, 7) is 0. The second kappa shape index (κ2) is 5.90. The minimum absolute atomic E-state index is 0.308.